The number of nitrogen functional groups attached to an aromatic ring is 1. The van der Waals surface area contributed by atoms with Gasteiger partial charge in [-0.05, 0) is 24.8 Å². The van der Waals surface area contributed by atoms with E-state index in [9.17, 15) is 13.5 Å². The Morgan fingerprint density at radius 2 is 2.37 bits per heavy atom. The van der Waals surface area contributed by atoms with Gasteiger partial charge in [0.2, 0.25) is 0 Å². The first kappa shape index (κ1) is 14.8. The van der Waals surface area contributed by atoms with Gasteiger partial charge in [0.1, 0.15) is 4.21 Å². The molecule has 108 valence electrons. The van der Waals surface area contributed by atoms with Crippen LogP contribution < -0.4 is 10.5 Å². The van der Waals surface area contributed by atoms with Gasteiger partial charge < -0.3 is 10.8 Å². The summed E-state index contributed by atoms with van der Waals surface area (Å²) in [5.74, 6) is 0.414. The number of hydrogen-bond acceptors (Lipinski definition) is 5. The van der Waals surface area contributed by atoms with Gasteiger partial charge >= 0.3 is 0 Å². The van der Waals surface area contributed by atoms with Crippen LogP contribution in [0.1, 0.15) is 32.6 Å². The average Bonchev–Trinajstić information content (AvgIpc) is 2.76. The van der Waals surface area contributed by atoms with Crippen LogP contribution in [0.25, 0.3) is 0 Å². The zero-order valence-corrected chi connectivity index (χ0v) is 12.6. The lowest BCUT2D eigenvalue weighted by atomic mass is 9.78. The fourth-order valence-corrected chi connectivity index (χ4v) is 5.25. The number of nitrogens with two attached hydrogens (primary N) is 1. The van der Waals surface area contributed by atoms with Gasteiger partial charge in [0.05, 0.1) is 12.1 Å². The number of rotatable bonds is 4. The Morgan fingerprint density at radius 3 is 2.89 bits per heavy atom. The lowest BCUT2D eigenvalue weighted by Gasteiger charge is -2.38. The smallest absolute Gasteiger partial charge is 0.250 e. The summed E-state index contributed by atoms with van der Waals surface area (Å²) in [6.45, 7) is 1.92. The van der Waals surface area contributed by atoms with Crippen LogP contribution in [0.15, 0.2) is 15.7 Å². The van der Waals surface area contributed by atoms with E-state index in [-0.39, 0.29) is 10.8 Å². The summed E-state index contributed by atoms with van der Waals surface area (Å²) in [6.07, 6.45) is 3.35. The lowest BCUT2D eigenvalue weighted by molar-refractivity contribution is 0.120. The molecule has 0 aromatic carbocycles. The van der Waals surface area contributed by atoms with E-state index in [0.717, 1.165) is 24.2 Å². The van der Waals surface area contributed by atoms with Crippen LogP contribution in [0.2, 0.25) is 0 Å². The van der Waals surface area contributed by atoms with Crippen molar-refractivity contribution in [3.8, 4) is 0 Å². The van der Waals surface area contributed by atoms with Gasteiger partial charge in [-0.3, -0.25) is 0 Å². The molecule has 1 aromatic rings. The third kappa shape index (κ3) is 3.28. The zero-order valence-electron chi connectivity index (χ0n) is 10.9. The van der Waals surface area contributed by atoms with Gasteiger partial charge in [-0.1, -0.05) is 19.8 Å². The SMILES string of the molecule is CC1CCCC(CO)(NS(=O)(=O)c2cc(N)cs2)C1. The molecule has 0 amide bonds. The number of thiophene rings is 1. The van der Waals surface area contributed by atoms with Crippen molar-refractivity contribution in [3.63, 3.8) is 0 Å². The molecule has 2 unspecified atom stereocenters. The highest BCUT2D eigenvalue weighted by molar-refractivity contribution is 7.91. The highest BCUT2D eigenvalue weighted by Gasteiger charge is 2.38. The van der Waals surface area contributed by atoms with Gasteiger partial charge in [0, 0.05) is 11.1 Å². The maximum Gasteiger partial charge on any atom is 0.250 e. The molecule has 0 aliphatic heterocycles. The molecule has 1 heterocycles. The highest BCUT2D eigenvalue weighted by atomic mass is 32.2. The Balaban J connectivity index is 2.22. The summed E-state index contributed by atoms with van der Waals surface area (Å²) >= 11 is 1.10. The second kappa shape index (κ2) is 5.40. The molecule has 7 heteroatoms. The molecule has 1 aliphatic carbocycles. The van der Waals surface area contributed by atoms with Crippen molar-refractivity contribution in [2.75, 3.05) is 12.3 Å². The van der Waals surface area contributed by atoms with Gasteiger partial charge in [-0.15, -0.1) is 11.3 Å². The lowest BCUT2D eigenvalue weighted by Crippen LogP contribution is -2.53. The van der Waals surface area contributed by atoms with E-state index in [0.29, 0.717) is 24.4 Å². The molecule has 19 heavy (non-hydrogen) atoms. The number of aliphatic hydroxyl groups is 1. The molecule has 1 fully saturated rings. The molecule has 5 nitrogen and oxygen atoms in total. The van der Waals surface area contributed by atoms with E-state index < -0.39 is 15.6 Å². The molecular formula is C12H20N2O3S2. The second-order valence-electron chi connectivity index (χ2n) is 5.44. The monoisotopic (exact) mass is 304 g/mol. The van der Waals surface area contributed by atoms with Gasteiger partial charge in [-0.2, -0.15) is 0 Å². The van der Waals surface area contributed by atoms with Crippen molar-refractivity contribution in [2.45, 2.75) is 42.4 Å². The molecule has 1 aliphatic rings. The van der Waals surface area contributed by atoms with Crippen LogP contribution in [0, 0.1) is 5.92 Å². The van der Waals surface area contributed by atoms with Crippen LogP contribution in [-0.4, -0.2) is 25.7 Å². The van der Waals surface area contributed by atoms with E-state index in [4.69, 9.17) is 5.73 Å². The number of anilines is 1. The van der Waals surface area contributed by atoms with E-state index in [1.54, 1.807) is 5.38 Å². The molecule has 1 saturated carbocycles. The average molecular weight is 304 g/mol. The summed E-state index contributed by atoms with van der Waals surface area (Å²) in [7, 11) is -3.60. The molecule has 0 saturated heterocycles. The Kier molecular flexibility index (Phi) is 4.20. The molecule has 0 radical (unpaired) electrons. The summed E-state index contributed by atoms with van der Waals surface area (Å²) in [5.41, 5.74) is 5.28. The van der Waals surface area contributed by atoms with Crippen molar-refractivity contribution in [1.82, 2.24) is 4.72 Å². The Labute approximate surface area is 117 Å². The Morgan fingerprint density at radius 1 is 1.63 bits per heavy atom. The first-order valence-electron chi connectivity index (χ1n) is 6.36. The van der Waals surface area contributed by atoms with Crippen LogP contribution in [0.4, 0.5) is 5.69 Å². The van der Waals surface area contributed by atoms with E-state index in [1.165, 1.54) is 6.07 Å². The number of sulfonamides is 1. The quantitative estimate of drug-likeness (QED) is 0.787. The number of nitrogens with one attached hydrogen (secondary N) is 1. The minimum absolute atomic E-state index is 0.169. The topological polar surface area (TPSA) is 92.4 Å². The standard InChI is InChI=1S/C12H20N2O3S2/c1-9-3-2-4-12(6-9,8-15)14-19(16,17)11-5-10(13)7-18-11/h5,7,9,14-15H,2-4,6,8,13H2,1H3. The van der Waals surface area contributed by atoms with Crippen molar-refractivity contribution in [2.24, 2.45) is 5.92 Å². The summed E-state index contributed by atoms with van der Waals surface area (Å²) < 4.78 is 27.5. The van der Waals surface area contributed by atoms with Crippen LogP contribution in [0.5, 0.6) is 0 Å². The van der Waals surface area contributed by atoms with Crippen molar-refractivity contribution < 1.29 is 13.5 Å². The third-order valence-electron chi connectivity index (χ3n) is 3.61. The molecule has 1 aromatic heterocycles. The molecule has 4 N–H and O–H groups in total. The largest absolute Gasteiger partial charge is 0.398 e. The third-order valence-corrected chi connectivity index (χ3v) is 6.64. The first-order chi connectivity index (χ1) is 8.87. The van der Waals surface area contributed by atoms with Crippen LogP contribution in [0.3, 0.4) is 0 Å². The minimum Gasteiger partial charge on any atom is -0.398 e. The van der Waals surface area contributed by atoms with Crippen molar-refractivity contribution in [1.29, 1.82) is 0 Å². The van der Waals surface area contributed by atoms with E-state index in [1.807, 2.05) is 0 Å². The van der Waals surface area contributed by atoms with E-state index >= 15 is 0 Å². The summed E-state index contributed by atoms with van der Waals surface area (Å²) in [5, 5.41) is 11.2. The first-order valence-corrected chi connectivity index (χ1v) is 8.72. The van der Waals surface area contributed by atoms with Crippen molar-refractivity contribution >= 4 is 27.0 Å². The maximum atomic E-state index is 12.3. The number of hydrogen-bond donors (Lipinski definition) is 3. The normalized spacial score (nSPS) is 28.4. The number of aliphatic hydroxyl groups excluding tert-OH is 1. The Hall–Kier alpha value is -0.630. The minimum atomic E-state index is -3.60. The molecule has 2 rings (SSSR count). The van der Waals surface area contributed by atoms with Gasteiger partial charge in [0.15, 0.2) is 0 Å². The van der Waals surface area contributed by atoms with Crippen LogP contribution >= 0.6 is 11.3 Å². The van der Waals surface area contributed by atoms with Gasteiger partial charge in [0.25, 0.3) is 10.0 Å². The predicted octanol–water partition coefficient (Wildman–Crippen LogP) is 1.55. The zero-order chi connectivity index (χ0) is 14.1. The fourth-order valence-electron chi connectivity index (χ4n) is 2.74. The van der Waals surface area contributed by atoms with Crippen molar-refractivity contribution in [3.05, 3.63) is 11.4 Å². The fraction of sp³-hybridized carbons (Fsp3) is 0.667. The molecule has 0 bridgehead atoms. The van der Waals surface area contributed by atoms with Crippen LogP contribution in [-0.2, 0) is 10.0 Å². The molecular weight excluding hydrogens is 284 g/mol. The Bertz CT molecular complexity index is 541. The summed E-state index contributed by atoms with van der Waals surface area (Å²) in [6, 6.07) is 1.45. The molecule has 2 atom stereocenters. The summed E-state index contributed by atoms with van der Waals surface area (Å²) in [4.78, 5) is 0. The predicted molar refractivity (Wildman–Crippen MR) is 76.5 cm³/mol. The highest BCUT2D eigenvalue weighted by Crippen LogP contribution is 2.34. The maximum absolute atomic E-state index is 12.3. The molecule has 0 spiro atoms. The second-order valence-corrected chi connectivity index (χ2v) is 8.27. The van der Waals surface area contributed by atoms with E-state index in [2.05, 4.69) is 11.6 Å². The van der Waals surface area contributed by atoms with Gasteiger partial charge in [-0.25, -0.2) is 13.1 Å².